The molecule has 8 heteroatoms. The number of sulfonamides is 1. The number of hydrogen-bond donors (Lipinski definition) is 2. The molecule has 1 atom stereocenters. The number of carbonyl (C=O) groups excluding carboxylic acids is 1. The summed E-state index contributed by atoms with van der Waals surface area (Å²) in [7, 11) is -3.56. The molecule has 3 N–H and O–H groups in total. The second-order valence-corrected chi connectivity index (χ2v) is 8.13. The zero-order valence-electron chi connectivity index (χ0n) is 14.6. The number of benzene rings is 1. The highest BCUT2D eigenvalue weighted by Crippen LogP contribution is 2.25. The van der Waals surface area contributed by atoms with E-state index in [1.54, 1.807) is 22.5 Å². The van der Waals surface area contributed by atoms with E-state index in [1.807, 2.05) is 6.92 Å². The molecule has 0 saturated carbocycles. The average molecular weight is 390 g/mol. The zero-order valence-corrected chi connectivity index (χ0v) is 16.2. The lowest BCUT2D eigenvalue weighted by molar-refractivity contribution is 0.0953. The molecule has 1 amide bonds. The average Bonchev–Trinajstić information content (AvgIpc) is 2.59. The van der Waals surface area contributed by atoms with Crippen molar-refractivity contribution in [2.45, 2.75) is 50.0 Å². The van der Waals surface area contributed by atoms with Crippen LogP contribution in [0.1, 0.15) is 49.4 Å². The number of hydrogen-bond acceptors (Lipinski definition) is 4. The maximum Gasteiger partial charge on any atom is 0.251 e. The first kappa shape index (κ1) is 21.9. The molecule has 1 aromatic rings. The molecule has 1 unspecified atom stereocenters. The number of unbranched alkanes of at least 4 members (excludes halogenated alkanes) is 1. The summed E-state index contributed by atoms with van der Waals surface area (Å²) in [5, 5.41) is 2.80. The summed E-state index contributed by atoms with van der Waals surface area (Å²) in [6.45, 7) is 3.61. The van der Waals surface area contributed by atoms with Crippen molar-refractivity contribution in [1.82, 2.24) is 9.62 Å². The van der Waals surface area contributed by atoms with Gasteiger partial charge in [0.15, 0.2) is 0 Å². The summed E-state index contributed by atoms with van der Waals surface area (Å²) in [6.07, 6.45) is 4.47. The molecule has 1 aliphatic rings. The minimum Gasteiger partial charge on any atom is -0.352 e. The SMILES string of the molecule is CC1CCCCN1S(=O)(=O)c1cccc(C(=O)NCCCCN)c1.Cl. The van der Waals surface area contributed by atoms with Gasteiger partial charge in [0.05, 0.1) is 4.90 Å². The van der Waals surface area contributed by atoms with Crippen molar-refractivity contribution in [1.29, 1.82) is 0 Å². The van der Waals surface area contributed by atoms with Crippen molar-refractivity contribution in [3.63, 3.8) is 0 Å². The number of nitrogens with two attached hydrogens (primary N) is 1. The number of carbonyl (C=O) groups is 1. The molecule has 25 heavy (non-hydrogen) atoms. The number of nitrogens with one attached hydrogen (secondary N) is 1. The van der Waals surface area contributed by atoms with Gasteiger partial charge in [0, 0.05) is 24.7 Å². The third kappa shape index (κ3) is 5.67. The summed E-state index contributed by atoms with van der Waals surface area (Å²) in [4.78, 5) is 12.4. The molecular weight excluding hydrogens is 362 g/mol. The van der Waals surface area contributed by atoms with Crippen LogP contribution in [0.5, 0.6) is 0 Å². The fourth-order valence-corrected chi connectivity index (χ4v) is 4.68. The lowest BCUT2D eigenvalue weighted by Crippen LogP contribution is -2.42. The summed E-state index contributed by atoms with van der Waals surface area (Å²) in [5.74, 6) is -0.254. The van der Waals surface area contributed by atoms with E-state index in [2.05, 4.69) is 5.32 Å². The Bertz CT molecular complexity index is 667. The van der Waals surface area contributed by atoms with Crippen LogP contribution in [0.3, 0.4) is 0 Å². The smallest absolute Gasteiger partial charge is 0.251 e. The molecule has 0 radical (unpaired) electrons. The van der Waals surface area contributed by atoms with Crippen molar-refractivity contribution in [3.05, 3.63) is 29.8 Å². The monoisotopic (exact) mass is 389 g/mol. The number of amides is 1. The van der Waals surface area contributed by atoms with E-state index < -0.39 is 10.0 Å². The molecule has 0 aromatic heterocycles. The van der Waals surface area contributed by atoms with E-state index in [4.69, 9.17) is 5.73 Å². The number of nitrogens with zero attached hydrogens (tertiary/aromatic N) is 1. The Morgan fingerprint density at radius 3 is 2.76 bits per heavy atom. The topological polar surface area (TPSA) is 92.5 Å². The van der Waals surface area contributed by atoms with Gasteiger partial charge >= 0.3 is 0 Å². The minimum absolute atomic E-state index is 0. The normalized spacial score (nSPS) is 18.4. The highest BCUT2D eigenvalue weighted by Gasteiger charge is 2.31. The second kappa shape index (κ2) is 10.1. The van der Waals surface area contributed by atoms with Gasteiger partial charge in [-0.3, -0.25) is 4.79 Å². The van der Waals surface area contributed by atoms with E-state index in [0.29, 0.717) is 25.2 Å². The van der Waals surface area contributed by atoms with Gasteiger partial charge in [-0.25, -0.2) is 8.42 Å². The predicted octanol–water partition coefficient (Wildman–Crippen LogP) is 2.14. The van der Waals surface area contributed by atoms with Crippen LogP contribution in [0.4, 0.5) is 0 Å². The summed E-state index contributed by atoms with van der Waals surface area (Å²) in [6, 6.07) is 6.28. The first-order valence-corrected chi connectivity index (χ1v) is 10.0. The van der Waals surface area contributed by atoms with E-state index in [1.165, 1.54) is 6.07 Å². The zero-order chi connectivity index (χ0) is 17.6. The van der Waals surface area contributed by atoms with E-state index in [9.17, 15) is 13.2 Å². The minimum atomic E-state index is -3.56. The van der Waals surface area contributed by atoms with Crippen LogP contribution in [0.25, 0.3) is 0 Å². The fraction of sp³-hybridized carbons (Fsp3) is 0.588. The Labute approximate surface area is 156 Å². The molecule has 1 heterocycles. The van der Waals surface area contributed by atoms with E-state index >= 15 is 0 Å². The highest BCUT2D eigenvalue weighted by molar-refractivity contribution is 7.89. The van der Waals surface area contributed by atoms with Crippen molar-refractivity contribution in [2.24, 2.45) is 5.73 Å². The van der Waals surface area contributed by atoms with Crippen LogP contribution in [0.15, 0.2) is 29.2 Å². The van der Waals surface area contributed by atoms with Gasteiger partial charge < -0.3 is 11.1 Å². The van der Waals surface area contributed by atoms with Crippen molar-refractivity contribution in [3.8, 4) is 0 Å². The number of piperidine rings is 1. The summed E-state index contributed by atoms with van der Waals surface area (Å²) >= 11 is 0. The molecule has 142 valence electrons. The Morgan fingerprint density at radius 1 is 1.32 bits per heavy atom. The van der Waals surface area contributed by atoms with Crippen molar-refractivity contribution >= 4 is 28.3 Å². The Balaban J connectivity index is 0.00000312. The van der Waals surface area contributed by atoms with Gasteiger partial charge in [-0.1, -0.05) is 12.5 Å². The third-order valence-corrected chi connectivity index (χ3v) is 6.37. The second-order valence-electron chi connectivity index (χ2n) is 6.24. The Kier molecular flexibility index (Phi) is 8.85. The molecular formula is C17H28ClN3O3S. The van der Waals surface area contributed by atoms with Crippen molar-refractivity contribution in [2.75, 3.05) is 19.6 Å². The highest BCUT2D eigenvalue weighted by atomic mass is 35.5. The molecule has 1 aliphatic heterocycles. The van der Waals surface area contributed by atoms with Crippen LogP contribution in [-0.2, 0) is 10.0 Å². The first-order valence-electron chi connectivity index (χ1n) is 8.57. The molecule has 0 spiro atoms. The van der Waals surface area contributed by atoms with Gasteiger partial charge in [-0.05, 0) is 57.4 Å². The van der Waals surface area contributed by atoms with Crippen LogP contribution in [0, 0.1) is 0 Å². The summed E-state index contributed by atoms with van der Waals surface area (Å²) < 4.78 is 27.3. The Hall–Kier alpha value is -1.15. The molecule has 0 bridgehead atoms. The van der Waals surface area contributed by atoms with E-state index in [0.717, 1.165) is 32.1 Å². The first-order chi connectivity index (χ1) is 11.5. The molecule has 0 aliphatic carbocycles. The predicted molar refractivity (Wildman–Crippen MR) is 102 cm³/mol. The molecule has 1 fully saturated rings. The van der Waals surface area contributed by atoms with E-state index in [-0.39, 0.29) is 29.3 Å². The van der Waals surface area contributed by atoms with Crippen molar-refractivity contribution < 1.29 is 13.2 Å². The molecule has 1 saturated heterocycles. The number of rotatable bonds is 7. The van der Waals surface area contributed by atoms with Crippen LogP contribution in [0.2, 0.25) is 0 Å². The van der Waals surface area contributed by atoms with Gasteiger partial charge in [-0.15, -0.1) is 12.4 Å². The van der Waals surface area contributed by atoms with Crippen LogP contribution >= 0.6 is 12.4 Å². The van der Waals surface area contributed by atoms with Gasteiger partial charge in [0.2, 0.25) is 10.0 Å². The van der Waals surface area contributed by atoms with Gasteiger partial charge in [0.1, 0.15) is 0 Å². The van der Waals surface area contributed by atoms with Crippen LogP contribution < -0.4 is 11.1 Å². The quantitative estimate of drug-likeness (QED) is 0.699. The molecule has 2 rings (SSSR count). The summed E-state index contributed by atoms with van der Waals surface area (Å²) in [5.41, 5.74) is 5.79. The lowest BCUT2D eigenvalue weighted by Gasteiger charge is -2.32. The van der Waals surface area contributed by atoms with Gasteiger partial charge in [-0.2, -0.15) is 4.31 Å². The molecule has 6 nitrogen and oxygen atoms in total. The maximum absolute atomic E-state index is 12.9. The standard InChI is InChI=1S/C17H27N3O3S.ClH/c1-14-7-2-5-12-20(14)24(22,23)16-9-6-8-15(13-16)17(21)19-11-4-3-10-18;/h6,8-9,13-14H,2-5,7,10-12,18H2,1H3,(H,19,21);1H. The Morgan fingerprint density at radius 2 is 2.08 bits per heavy atom. The largest absolute Gasteiger partial charge is 0.352 e. The fourth-order valence-electron chi connectivity index (χ4n) is 2.94. The third-order valence-electron chi connectivity index (χ3n) is 4.36. The van der Waals surface area contributed by atoms with Crippen LogP contribution in [-0.4, -0.2) is 44.3 Å². The molecule has 1 aromatic carbocycles. The lowest BCUT2D eigenvalue weighted by atomic mass is 10.1. The van der Waals surface area contributed by atoms with Gasteiger partial charge in [0.25, 0.3) is 5.91 Å². The number of halogens is 1. The maximum atomic E-state index is 12.9.